The minimum absolute atomic E-state index is 0.755. The maximum absolute atomic E-state index is 4.87. The van der Waals surface area contributed by atoms with Crippen molar-refractivity contribution in [2.75, 3.05) is 39.3 Å². The molecule has 0 bridgehead atoms. The van der Waals surface area contributed by atoms with Crippen LogP contribution in [-0.2, 0) is 13.0 Å². The molecular weight excluding hydrogens is 406 g/mol. The van der Waals surface area contributed by atoms with E-state index in [1.165, 1.54) is 49.4 Å². The van der Waals surface area contributed by atoms with Gasteiger partial charge in [0.05, 0.1) is 6.54 Å². The van der Waals surface area contributed by atoms with E-state index in [0.29, 0.717) is 0 Å². The molecule has 3 heterocycles. The van der Waals surface area contributed by atoms with Gasteiger partial charge in [-0.15, -0.1) is 0 Å². The molecule has 2 aromatic heterocycles. The molecule has 0 unspecified atom stereocenters. The Hall–Kier alpha value is -2.50. The van der Waals surface area contributed by atoms with Crippen LogP contribution in [0, 0.1) is 19.8 Å². The maximum atomic E-state index is 4.87. The Labute approximate surface area is 199 Å². The number of piperazine rings is 1. The predicted molar refractivity (Wildman–Crippen MR) is 139 cm³/mol. The van der Waals surface area contributed by atoms with Gasteiger partial charge in [-0.25, -0.2) is 9.97 Å². The van der Waals surface area contributed by atoms with E-state index >= 15 is 0 Å². The van der Waals surface area contributed by atoms with Gasteiger partial charge in [-0.1, -0.05) is 57.2 Å². The highest BCUT2D eigenvalue weighted by Gasteiger charge is 2.16. The smallest absolute Gasteiger partial charge is 0.160 e. The first-order valence-corrected chi connectivity index (χ1v) is 12.5. The molecule has 0 amide bonds. The van der Waals surface area contributed by atoms with Crippen LogP contribution in [0.2, 0.25) is 0 Å². The third kappa shape index (κ3) is 5.90. The predicted octanol–water partition coefficient (Wildman–Crippen LogP) is 4.95. The number of aromatic nitrogens is 3. The summed E-state index contributed by atoms with van der Waals surface area (Å²) in [6, 6.07) is 11.0. The van der Waals surface area contributed by atoms with Crippen molar-refractivity contribution in [1.82, 2.24) is 24.3 Å². The SMILES string of the molecule is CCc1nc2c(C)cc(C)nc2n1Cc1ccc(/C=C/CN2CCN(CC(C)C)CC2)cc1. The van der Waals surface area contributed by atoms with E-state index in [2.05, 4.69) is 91.5 Å². The van der Waals surface area contributed by atoms with Crippen LogP contribution in [0.15, 0.2) is 36.4 Å². The van der Waals surface area contributed by atoms with Gasteiger partial charge >= 0.3 is 0 Å². The molecule has 33 heavy (non-hydrogen) atoms. The fourth-order valence-corrected chi connectivity index (χ4v) is 4.81. The van der Waals surface area contributed by atoms with Gasteiger partial charge < -0.3 is 9.47 Å². The summed E-state index contributed by atoms with van der Waals surface area (Å²) in [5.74, 6) is 1.86. The van der Waals surface area contributed by atoms with Crippen molar-refractivity contribution in [2.45, 2.75) is 47.6 Å². The van der Waals surface area contributed by atoms with E-state index in [-0.39, 0.29) is 0 Å². The van der Waals surface area contributed by atoms with E-state index in [1.807, 2.05) is 0 Å². The Morgan fingerprint density at radius 1 is 0.970 bits per heavy atom. The van der Waals surface area contributed by atoms with Crippen LogP contribution in [0.4, 0.5) is 0 Å². The zero-order valence-corrected chi connectivity index (χ0v) is 21.0. The number of hydrogen-bond donors (Lipinski definition) is 0. The number of imidazole rings is 1. The summed E-state index contributed by atoms with van der Waals surface area (Å²) in [5, 5.41) is 0. The molecule has 0 aliphatic carbocycles. The molecule has 4 rings (SSSR count). The highest BCUT2D eigenvalue weighted by atomic mass is 15.3. The van der Waals surface area contributed by atoms with Gasteiger partial charge in [-0.05, 0) is 42.5 Å². The Morgan fingerprint density at radius 2 is 1.67 bits per heavy atom. The third-order valence-electron chi connectivity index (χ3n) is 6.50. The molecule has 1 aliphatic heterocycles. The van der Waals surface area contributed by atoms with Crippen molar-refractivity contribution in [3.8, 4) is 0 Å². The molecule has 5 nitrogen and oxygen atoms in total. The standard InChI is InChI=1S/C28H39N5/c1-6-26-30-27-22(4)18-23(5)29-28(27)33(26)20-25-11-9-24(10-12-25)8-7-13-31-14-16-32(17-15-31)19-21(2)3/h7-12,18,21H,6,13-17,19-20H2,1-5H3/b8-7+. The molecule has 1 fully saturated rings. The minimum Gasteiger partial charge on any atom is -0.308 e. The lowest BCUT2D eigenvalue weighted by Gasteiger charge is -2.34. The van der Waals surface area contributed by atoms with Crippen molar-refractivity contribution in [3.63, 3.8) is 0 Å². The third-order valence-corrected chi connectivity index (χ3v) is 6.50. The molecule has 0 N–H and O–H groups in total. The van der Waals surface area contributed by atoms with Gasteiger partial charge in [0.2, 0.25) is 0 Å². The zero-order chi connectivity index (χ0) is 23.4. The van der Waals surface area contributed by atoms with Gasteiger partial charge in [-0.2, -0.15) is 0 Å². The number of rotatable bonds is 8. The summed E-state index contributed by atoms with van der Waals surface area (Å²) in [7, 11) is 0. The van der Waals surface area contributed by atoms with E-state index in [4.69, 9.17) is 9.97 Å². The van der Waals surface area contributed by atoms with Crippen LogP contribution in [-0.4, -0.2) is 63.6 Å². The van der Waals surface area contributed by atoms with Crippen LogP contribution < -0.4 is 0 Å². The summed E-state index contributed by atoms with van der Waals surface area (Å²) in [4.78, 5) is 14.8. The second-order valence-corrected chi connectivity index (χ2v) is 9.86. The van der Waals surface area contributed by atoms with Crippen molar-refractivity contribution in [3.05, 3.63) is 64.6 Å². The average molecular weight is 446 g/mol. The lowest BCUT2D eigenvalue weighted by atomic mass is 10.1. The molecule has 1 saturated heterocycles. The van der Waals surface area contributed by atoms with Gasteiger partial charge in [0.25, 0.3) is 0 Å². The summed E-state index contributed by atoms with van der Waals surface area (Å²) < 4.78 is 2.28. The van der Waals surface area contributed by atoms with Crippen molar-refractivity contribution >= 4 is 17.2 Å². The molecule has 5 heteroatoms. The Morgan fingerprint density at radius 3 is 2.33 bits per heavy atom. The van der Waals surface area contributed by atoms with Crippen LogP contribution in [0.25, 0.3) is 17.2 Å². The van der Waals surface area contributed by atoms with E-state index < -0.39 is 0 Å². The Balaban J connectivity index is 1.37. The first kappa shape index (κ1) is 23.7. The number of nitrogens with zero attached hydrogens (tertiary/aromatic N) is 5. The topological polar surface area (TPSA) is 37.2 Å². The first-order chi connectivity index (χ1) is 15.9. The number of hydrogen-bond acceptors (Lipinski definition) is 4. The highest BCUT2D eigenvalue weighted by molar-refractivity contribution is 5.76. The van der Waals surface area contributed by atoms with Crippen LogP contribution in [0.5, 0.6) is 0 Å². The lowest BCUT2D eigenvalue weighted by Crippen LogP contribution is -2.47. The van der Waals surface area contributed by atoms with Gasteiger partial charge in [0, 0.05) is 51.4 Å². The van der Waals surface area contributed by atoms with E-state index in [1.54, 1.807) is 0 Å². The monoisotopic (exact) mass is 445 g/mol. The fraction of sp³-hybridized carbons (Fsp3) is 0.500. The molecule has 3 aromatic rings. The molecule has 176 valence electrons. The van der Waals surface area contributed by atoms with Crippen molar-refractivity contribution in [2.24, 2.45) is 5.92 Å². The van der Waals surface area contributed by atoms with E-state index in [9.17, 15) is 0 Å². The highest BCUT2D eigenvalue weighted by Crippen LogP contribution is 2.21. The summed E-state index contributed by atoms with van der Waals surface area (Å²) in [5.41, 5.74) is 6.82. The van der Waals surface area contributed by atoms with Gasteiger partial charge in [0.1, 0.15) is 11.3 Å². The number of pyridine rings is 1. The Bertz CT molecular complexity index is 1090. The summed E-state index contributed by atoms with van der Waals surface area (Å²) in [6.07, 6.45) is 5.46. The lowest BCUT2D eigenvalue weighted by molar-refractivity contribution is 0.131. The average Bonchev–Trinajstić information content (AvgIpc) is 3.13. The number of benzene rings is 1. The number of fused-ring (bicyclic) bond motifs is 1. The maximum Gasteiger partial charge on any atom is 0.160 e. The largest absolute Gasteiger partial charge is 0.308 e. The van der Waals surface area contributed by atoms with Crippen LogP contribution >= 0.6 is 0 Å². The van der Waals surface area contributed by atoms with Gasteiger partial charge in [0.15, 0.2) is 5.65 Å². The zero-order valence-electron chi connectivity index (χ0n) is 21.0. The normalized spacial score (nSPS) is 15.9. The molecule has 1 aromatic carbocycles. The summed E-state index contributed by atoms with van der Waals surface area (Å²) >= 11 is 0. The number of aryl methyl sites for hydroxylation is 3. The summed E-state index contributed by atoms with van der Waals surface area (Å²) in [6.45, 7) is 18.7. The molecule has 0 spiro atoms. The van der Waals surface area contributed by atoms with E-state index in [0.717, 1.165) is 48.1 Å². The van der Waals surface area contributed by atoms with Crippen LogP contribution in [0.1, 0.15) is 49.0 Å². The van der Waals surface area contributed by atoms with Gasteiger partial charge in [-0.3, -0.25) is 4.90 Å². The van der Waals surface area contributed by atoms with Crippen molar-refractivity contribution in [1.29, 1.82) is 0 Å². The second kappa shape index (κ2) is 10.6. The fourth-order valence-electron chi connectivity index (χ4n) is 4.81. The molecule has 0 atom stereocenters. The Kier molecular flexibility index (Phi) is 7.61. The molecular formula is C28H39N5. The quantitative estimate of drug-likeness (QED) is 0.492. The van der Waals surface area contributed by atoms with Crippen molar-refractivity contribution < 1.29 is 0 Å². The molecule has 0 radical (unpaired) electrons. The first-order valence-electron chi connectivity index (χ1n) is 12.5. The second-order valence-electron chi connectivity index (χ2n) is 9.86. The molecule has 1 aliphatic rings. The molecule has 0 saturated carbocycles. The minimum atomic E-state index is 0.755. The van der Waals surface area contributed by atoms with Crippen LogP contribution in [0.3, 0.4) is 0 Å².